The van der Waals surface area contributed by atoms with Crippen LogP contribution in [-0.2, 0) is 32.8 Å². The number of tetrazole rings is 2. The fraction of sp³-hybridized carbons (Fsp3) is 0.167. The predicted octanol–water partition coefficient (Wildman–Crippen LogP) is 2.04. The Hall–Kier alpha value is -4.30. The largest absolute Gasteiger partial charge is 0.272 e. The van der Waals surface area contributed by atoms with Gasteiger partial charge >= 0.3 is 0 Å². The summed E-state index contributed by atoms with van der Waals surface area (Å²) in [5, 5.41) is 21.8. The molecule has 0 N–H and O–H groups in total. The molecule has 0 saturated heterocycles. The molecule has 12 nitrogen and oxygen atoms in total. The molecule has 0 saturated carbocycles. The minimum Gasteiger partial charge on any atom is -0.215 e. The lowest BCUT2D eigenvalue weighted by molar-refractivity contribution is 0.548. The Morgan fingerprint density at radius 2 is 0.895 bits per heavy atom. The highest BCUT2D eigenvalue weighted by molar-refractivity contribution is 7.91. The van der Waals surface area contributed by atoms with Gasteiger partial charge in [0.2, 0.25) is 19.7 Å². The molecule has 2 heterocycles. The molecule has 194 valence electrons. The van der Waals surface area contributed by atoms with E-state index in [1.54, 1.807) is 48.5 Å². The van der Waals surface area contributed by atoms with E-state index in [9.17, 15) is 16.8 Å². The molecular weight excluding hydrogens is 528 g/mol. The third-order valence-corrected chi connectivity index (χ3v) is 9.16. The van der Waals surface area contributed by atoms with Crippen molar-refractivity contribution >= 4 is 19.7 Å². The highest BCUT2D eigenvalue weighted by Crippen LogP contribution is 2.21. The van der Waals surface area contributed by atoms with E-state index in [0.717, 1.165) is 22.3 Å². The summed E-state index contributed by atoms with van der Waals surface area (Å²) in [5.41, 5.74) is 3.35. The molecule has 0 aliphatic heterocycles. The van der Waals surface area contributed by atoms with Crippen LogP contribution in [0.2, 0.25) is 0 Å². The van der Waals surface area contributed by atoms with E-state index in [1.807, 2.05) is 13.8 Å². The molecule has 0 fully saturated rings. The number of sulfone groups is 2. The third-order valence-electron chi connectivity index (χ3n) is 5.83. The van der Waals surface area contributed by atoms with E-state index in [1.165, 1.54) is 33.6 Å². The van der Waals surface area contributed by atoms with Crippen LogP contribution in [0.4, 0.5) is 0 Å². The van der Waals surface area contributed by atoms with Gasteiger partial charge in [-0.2, -0.15) is 0 Å². The molecule has 0 aliphatic rings. The average Bonchev–Trinajstić information content (AvgIpc) is 3.56. The molecule has 0 spiro atoms. The average molecular weight is 551 g/mol. The van der Waals surface area contributed by atoms with Crippen LogP contribution in [0, 0.1) is 13.8 Å². The minimum absolute atomic E-state index is 0.104. The monoisotopic (exact) mass is 550 g/mol. The number of rotatable bonds is 8. The highest BCUT2D eigenvalue weighted by Gasteiger charge is 2.26. The van der Waals surface area contributed by atoms with Crippen molar-refractivity contribution in [3.8, 4) is 0 Å². The van der Waals surface area contributed by atoms with Gasteiger partial charge in [0.15, 0.2) is 0 Å². The van der Waals surface area contributed by atoms with E-state index in [-0.39, 0.29) is 33.2 Å². The Morgan fingerprint density at radius 1 is 0.553 bits per heavy atom. The molecule has 5 aromatic rings. The van der Waals surface area contributed by atoms with Crippen molar-refractivity contribution < 1.29 is 16.8 Å². The summed E-state index contributed by atoms with van der Waals surface area (Å²) in [6.07, 6.45) is 0. The van der Waals surface area contributed by atoms with E-state index >= 15 is 0 Å². The van der Waals surface area contributed by atoms with Crippen LogP contribution < -0.4 is 0 Å². The van der Waals surface area contributed by atoms with Crippen LogP contribution in [0.5, 0.6) is 0 Å². The maximum Gasteiger partial charge on any atom is 0.272 e. The van der Waals surface area contributed by atoms with Gasteiger partial charge in [0.25, 0.3) is 10.3 Å². The number of aryl methyl sites for hydroxylation is 2. The van der Waals surface area contributed by atoms with Gasteiger partial charge in [-0.25, -0.2) is 26.2 Å². The minimum atomic E-state index is -3.91. The number of aromatic nitrogens is 8. The summed E-state index contributed by atoms with van der Waals surface area (Å²) in [7, 11) is -7.81. The van der Waals surface area contributed by atoms with E-state index in [4.69, 9.17) is 0 Å². The van der Waals surface area contributed by atoms with Crippen LogP contribution in [0.1, 0.15) is 22.3 Å². The molecule has 0 amide bonds. The second-order valence-electron chi connectivity index (χ2n) is 8.69. The van der Waals surface area contributed by atoms with Crippen LogP contribution >= 0.6 is 0 Å². The van der Waals surface area contributed by atoms with Crippen molar-refractivity contribution in [1.82, 2.24) is 40.4 Å². The maximum absolute atomic E-state index is 13.0. The summed E-state index contributed by atoms with van der Waals surface area (Å²) in [4.78, 5) is 0.208. The van der Waals surface area contributed by atoms with Crippen LogP contribution in [0.3, 0.4) is 0 Å². The first-order chi connectivity index (χ1) is 18.1. The first-order valence-electron chi connectivity index (χ1n) is 11.4. The van der Waals surface area contributed by atoms with Gasteiger partial charge < -0.3 is 0 Å². The molecule has 38 heavy (non-hydrogen) atoms. The Kier molecular flexibility index (Phi) is 6.59. The molecular formula is C24H22N8O4S2. The normalized spacial score (nSPS) is 12.1. The Morgan fingerprint density at radius 3 is 1.24 bits per heavy atom. The van der Waals surface area contributed by atoms with Crippen molar-refractivity contribution in [3.63, 3.8) is 0 Å². The van der Waals surface area contributed by atoms with Crippen molar-refractivity contribution in [2.75, 3.05) is 0 Å². The topological polar surface area (TPSA) is 155 Å². The third kappa shape index (κ3) is 4.95. The van der Waals surface area contributed by atoms with Crippen molar-refractivity contribution in [1.29, 1.82) is 0 Å². The quantitative estimate of drug-likeness (QED) is 0.280. The highest BCUT2D eigenvalue weighted by atomic mass is 32.2. The fourth-order valence-electron chi connectivity index (χ4n) is 3.72. The Balaban J connectivity index is 1.34. The second kappa shape index (κ2) is 9.87. The number of hydrogen-bond donors (Lipinski definition) is 0. The molecule has 3 aromatic carbocycles. The number of hydrogen-bond acceptors (Lipinski definition) is 10. The zero-order valence-corrected chi connectivity index (χ0v) is 22.0. The lowest BCUT2D eigenvalue weighted by Crippen LogP contribution is -2.14. The molecule has 0 radical (unpaired) electrons. The molecule has 2 aromatic heterocycles. The fourth-order valence-corrected chi connectivity index (χ4v) is 6.17. The Labute approximate surface area is 218 Å². The van der Waals surface area contributed by atoms with Crippen molar-refractivity contribution in [2.24, 2.45) is 0 Å². The summed E-state index contributed by atoms with van der Waals surface area (Å²) >= 11 is 0. The second-order valence-corrected chi connectivity index (χ2v) is 12.4. The van der Waals surface area contributed by atoms with Crippen molar-refractivity contribution in [3.05, 3.63) is 95.1 Å². The predicted molar refractivity (Wildman–Crippen MR) is 134 cm³/mol. The maximum atomic E-state index is 13.0. The van der Waals surface area contributed by atoms with Crippen LogP contribution in [0.25, 0.3) is 0 Å². The van der Waals surface area contributed by atoms with E-state index in [0.29, 0.717) is 0 Å². The zero-order valence-electron chi connectivity index (χ0n) is 20.4. The van der Waals surface area contributed by atoms with Crippen LogP contribution in [-0.4, -0.2) is 57.3 Å². The van der Waals surface area contributed by atoms with Crippen LogP contribution in [0.15, 0.2) is 92.9 Å². The lowest BCUT2D eigenvalue weighted by Gasteiger charge is -2.09. The standard InChI is InChI=1S/C24H22N8O4S2/c1-17-3-11-21(12-4-17)37(33,34)23-25-27-29-31(23)15-19-7-9-20(10-8-19)16-32-24(26-28-30-32)38(35,36)22-13-5-18(2)6-14-22/h3-14H,15-16H2,1-2H3. The van der Waals surface area contributed by atoms with Gasteiger partial charge in [0.05, 0.1) is 22.9 Å². The summed E-state index contributed by atoms with van der Waals surface area (Å²) in [5.74, 6) is 0. The number of nitrogens with zero attached hydrogens (tertiary/aromatic N) is 8. The lowest BCUT2D eigenvalue weighted by atomic mass is 10.1. The smallest absolute Gasteiger partial charge is 0.215 e. The molecule has 0 atom stereocenters. The molecule has 0 aliphatic carbocycles. The van der Waals surface area contributed by atoms with Gasteiger partial charge in [-0.1, -0.05) is 69.9 Å². The summed E-state index contributed by atoms with van der Waals surface area (Å²) < 4.78 is 54.6. The first-order valence-corrected chi connectivity index (χ1v) is 14.3. The van der Waals surface area contributed by atoms with Gasteiger partial charge in [0.1, 0.15) is 0 Å². The SMILES string of the molecule is Cc1ccc(S(=O)(=O)c2nnnn2Cc2ccc(Cn3nnnc3S(=O)(=O)c3ccc(C)cc3)cc2)cc1. The Bertz CT molecular complexity index is 1660. The van der Waals surface area contributed by atoms with E-state index < -0.39 is 19.7 Å². The van der Waals surface area contributed by atoms with Gasteiger partial charge in [-0.3, -0.25) is 0 Å². The van der Waals surface area contributed by atoms with E-state index in [2.05, 4.69) is 31.1 Å². The van der Waals surface area contributed by atoms with Gasteiger partial charge in [0, 0.05) is 0 Å². The molecule has 0 bridgehead atoms. The first kappa shape index (κ1) is 25.4. The molecule has 14 heteroatoms. The summed E-state index contributed by atoms with van der Waals surface area (Å²) in [6.45, 7) is 3.97. The zero-order chi connectivity index (χ0) is 26.9. The van der Waals surface area contributed by atoms with Gasteiger partial charge in [-0.05, 0) is 70.1 Å². The number of benzene rings is 3. The van der Waals surface area contributed by atoms with Crippen molar-refractivity contribution in [2.45, 2.75) is 47.0 Å². The molecule has 0 unspecified atom stereocenters. The van der Waals surface area contributed by atoms with Gasteiger partial charge in [-0.15, -0.1) is 0 Å². The summed E-state index contributed by atoms with van der Waals surface area (Å²) in [6, 6.07) is 20.0. The molecule has 5 rings (SSSR count).